The Kier molecular flexibility index (Phi) is 4.85. The highest BCUT2D eigenvalue weighted by atomic mass is 35.5. The number of benzene rings is 1. The average molecular weight is 362 g/mol. The fourth-order valence-corrected chi connectivity index (χ4v) is 3.50. The normalized spacial score (nSPS) is 11.0. The Hall–Kier alpha value is -2.02. The fraction of sp³-hybridized carbons (Fsp3) is 0.0625. The summed E-state index contributed by atoms with van der Waals surface area (Å²) in [7, 11) is 0. The number of thiophene rings is 1. The van der Waals surface area contributed by atoms with Gasteiger partial charge in [-0.05, 0) is 42.8 Å². The molecule has 0 bridgehead atoms. The molecule has 1 aromatic carbocycles. The van der Waals surface area contributed by atoms with Crippen molar-refractivity contribution in [3.8, 4) is 10.4 Å². The number of carbonyl (C=O) groups excluding carboxylic acids is 1. The van der Waals surface area contributed by atoms with E-state index in [1.807, 2.05) is 43.3 Å². The number of halogens is 1. The van der Waals surface area contributed by atoms with Crippen molar-refractivity contribution in [2.75, 3.05) is 5.32 Å². The van der Waals surface area contributed by atoms with Crippen molar-refractivity contribution in [2.45, 2.75) is 6.92 Å². The predicted octanol–water partition coefficient (Wildman–Crippen LogP) is 4.88. The number of amides is 1. The van der Waals surface area contributed by atoms with Gasteiger partial charge in [0.2, 0.25) is 11.0 Å². The minimum Gasteiger partial charge on any atom is -0.297 e. The lowest BCUT2D eigenvalue weighted by molar-refractivity contribution is -0.111. The van der Waals surface area contributed by atoms with Crippen LogP contribution in [0.3, 0.4) is 0 Å². The predicted molar refractivity (Wildman–Crippen MR) is 97.1 cm³/mol. The monoisotopic (exact) mass is 361 g/mol. The van der Waals surface area contributed by atoms with Gasteiger partial charge in [0.25, 0.3) is 0 Å². The maximum absolute atomic E-state index is 11.8. The molecular formula is C16H12ClN3OS2. The van der Waals surface area contributed by atoms with E-state index in [1.54, 1.807) is 17.4 Å². The van der Waals surface area contributed by atoms with Crippen LogP contribution in [-0.2, 0) is 4.79 Å². The van der Waals surface area contributed by atoms with Crippen LogP contribution < -0.4 is 5.32 Å². The van der Waals surface area contributed by atoms with Gasteiger partial charge < -0.3 is 0 Å². The molecular weight excluding hydrogens is 350 g/mol. The largest absolute Gasteiger partial charge is 0.297 e. The quantitative estimate of drug-likeness (QED) is 0.674. The van der Waals surface area contributed by atoms with Crippen LogP contribution in [0.2, 0.25) is 5.02 Å². The number of aryl methyl sites for hydroxylation is 1. The zero-order valence-corrected chi connectivity index (χ0v) is 14.5. The van der Waals surface area contributed by atoms with Gasteiger partial charge >= 0.3 is 0 Å². The van der Waals surface area contributed by atoms with Gasteiger partial charge in [0.05, 0.1) is 0 Å². The van der Waals surface area contributed by atoms with Crippen LogP contribution in [0.15, 0.2) is 42.5 Å². The first-order valence-electron chi connectivity index (χ1n) is 6.75. The molecule has 3 aromatic rings. The van der Waals surface area contributed by atoms with Crippen LogP contribution in [0, 0.1) is 6.92 Å². The number of carbonyl (C=O) groups is 1. The second-order valence-corrected chi connectivity index (χ2v) is 7.39. The Bertz CT molecular complexity index is 852. The first-order chi connectivity index (χ1) is 11.1. The van der Waals surface area contributed by atoms with Crippen molar-refractivity contribution in [3.05, 3.63) is 57.4 Å². The fourth-order valence-electron chi connectivity index (χ4n) is 1.86. The third kappa shape index (κ3) is 4.25. The molecule has 0 aliphatic rings. The van der Waals surface area contributed by atoms with E-state index in [0.717, 1.165) is 20.3 Å². The molecule has 0 aliphatic heterocycles. The van der Waals surface area contributed by atoms with Crippen LogP contribution in [0.25, 0.3) is 16.5 Å². The SMILES string of the molecule is Cc1nnc(NC(=O)/C=C/c2ccc(-c3ccc(Cl)cc3)s2)s1. The summed E-state index contributed by atoms with van der Waals surface area (Å²) >= 11 is 8.85. The van der Waals surface area contributed by atoms with Gasteiger partial charge in [0.1, 0.15) is 5.01 Å². The number of hydrogen-bond acceptors (Lipinski definition) is 5. The molecule has 0 saturated heterocycles. The Morgan fingerprint density at radius 1 is 1.13 bits per heavy atom. The maximum Gasteiger partial charge on any atom is 0.250 e. The van der Waals surface area contributed by atoms with Crippen molar-refractivity contribution in [3.63, 3.8) is 0 Å². The maximum atomic E-state index is 11.8. The smallest absolute Gasteiger partial charge is 0.250 e. The van der Waals surface area contributed by atoms with Crippen molar-refractivity contribution >= 4 is 51.4 Å². The van der Waals surface area contributed by atoms with E-state index in [4.69, 9.17) is 11.6 Å². The number of hydrogen-bond donors (Lipinski definition) is 1. The molecule has 2 heterocycles. The van der Waals surface area contributed by atoms with Gasteiger partial charge in [0.15, 0.2) is 0 Å². The summed E-state index contributed by atoms with van der Waals surface area (Å²) in [6, 6.07) is 11.7. The van der Waals surface area contributed by atoms with Gasteiger partial charge in [-0.1, -0.05) is 35.1 Å². The number of rotatable bonds is 4. The third-order valence-corrected chi connectivity index (χ3v) is 5.02. The lowest BCUT2D eigenvalue weighted by atomic mass is 10.2. The van der Waals surface area contributed by atoms with E-state index in [0.29, 0.717) is 10.2 Å². The summed E-state index contributed by atoms with van der Waals surface area (Å²) < 4.78 is 0. The molecule has 4 nitrogen and oxygen atoms in total. The summed E-state index contributed by atoms with van der Waals surface area (Å²) in [4.78, 5) is 14.0. The Balaban J connectivity index is 1.66. The molecule has 3 rings (SSSR count). The number of aromatic nitrogens is 2. The topological polar surface area (TPSA) is 54.9 Å². The summed E-state index contributed by atoms with van der Waals surface area (Å²) in [5, 5.41) is 12.4. The van der Waals surface area contributed by atoms with Crippen molar-refractivity contribution in [1.29, 1.82) is 0 Å². The molecule has 0 saturated carbocycles. The standard InChI is InChI=1S/C16H12ClN3OS2/c1-10-19-20-16(22-10)18-15(21)9-7-13-6-8-14(23-13)11-2-4-12(17)5-3-11/h2-9H,1H3,(H,18,20,21)/b9-7+. The first-order valence-corrected chi connectivity index (χ1v) is 8.76. The van der Waals surface area contributed by atoms with E-state index in [-0.39, 0.29) is 5.91 Å². The Morgan fingerprint density at radius 3 is 2.61 bits per heavy atom. The first kappa shape index (κ1) is 15.9. The van der Waals surface area contributed by atoms with Gasteiger partial charge in [-0.15, -0.1) is 21.5 Å². The van der Waals surface area contributed by atoms with Gasteiger partial charge in [-0.3, -0.25) is 10.1 Å². The molecule has 116 valence electrons. The Morgan fingerprint density at radius 2 is 1.91 bits per heavy atom. The molecule has 2 aromatic heterocycles. The van der Waals surface area contributed by atoms with Crippen molar-refractivity contribution in [1.82, 2.24) is 10.2 Å². The molecule has 0 radical (unpaired) electrons. The van der Waals surface area contributed by atoms with E-state index >= 15 is 0 Å². The zero-order chi connectivity index (χ0) is 16.2. The highest BCUT2D eigenvalue weighted by Crippen LogP contribution is 2.29. The Labute approximate surface area is 146 Å². The number of nitrogens with one attached hydrogen (secondary N) is 1. The van der Waals surface area contributed by atoms with Gasteiger partial charge in [-0.25, -0.2) is 0 Å². The molecule has 1 amide bonds. The second-order valence-electron chi connectivity index (χ2n) is 4.66. The molecule has 0 aliphatic carbocycles. The van der Waals surface area contributed by atoms with Crippen LogP contribution >= 0.6 is 34.3 Å². The zero-order valence-electron chi connectivity index (χ0n) is 12.1. The lowest BCUT2D eigenvalue weighted by Gasteiger charge is -1.96. The average Bonchev–Trinajstić information content (AvgIpc) is 3.15. The lowest BCUT2D eigenvalue weighted by Crippen LogP contribution is -2.07. The molecule has 0 unspecified atom stereocenters. The van der Waals surface area contributed by atoms with Crippen LogP contribution in [0.4, 0.5) is 5.13 Å². The van der Waals surface area contributed by atoms with E-state index in [9.17, 15) is 4.79 Å². The summed E-state index contributed by atoms with van der Waals surface area (Å²) in [5.74, 6) is -0.220. The molecule has 23 heavy (non-hydrogen) atoms. The highest BCUT2D eigenvalue weighted by molar-refractivity contribution is 7.16. The third-order valence-electron chi connectivity index (χ3n) is 2.91. The molecule has 0 atom stereocenters. The minimum absolute atomic E-state index is 0.220. The van der Waals surface area contributed by atoms with Crippen molar-refractivity contribution < 1.29 is 4.79 Å². The van der Waals surface area contributed by atoms with Crippen LogP contribution in [0.1, 0.15) is 9.88 Å². The van der Waals surface area contributed by atoms with Gasteiger partial charge in [0, 0.05) is 20.9 Å². The number of anilines is 1. The minimum atomic E-state index is -0.220. The second kappa shape index (κ2) is 7.04. The highest BCUT2D eigenvalue weighted by Gasteiger charge is 2.04. The summed E-state index contributed by atoms with van der Waals surface area (Å²) in [5.41, 5.74) is 1.10. The van der Waals surface area contributed by atoms with E-state index in [1.165, 1.54) is 17.4 Å². The number of nitrogens with zero attached hydrogens (tertiary/aromatic N) is 2. The summed E-state index contributed by atoms with van der Waals surface area (Å²) in [6.45, 7) is 1.84. The van der Waals surface area contributed by atoms with Gasteiger partial charge in [-0.2, -0.15) is 0 Å². The molecule has 0 fully saturated rings. The van der Waals surface area contributed by atoms with E-state index in [2.05, 4.69) is 15.5 Å². The van der Waals surface area contributed by atoms with Crippen LogP contribution in [0.5, 0.6) is 0 Å². The molecule has 7 heteroatoms. The van der Waals surface area contributed by atoms with Crippen molar-refractivity contribution in [2.24, 2.45) is 0 Å². The van der Waals surface area contributed by atoms with Crippen LogP contribution in [-0.4, -0.2) is 16.1 Å². The molecule has 1 N–H and O–H groups in total. The molecule has 0 spiro atoms. The summed E-state index contributed by atoms with van der Waals surface area (Å²) in [6.07, 6.45) is 3.28. The van der Waals surface area contributed by atoms with E-state index < -0.39 is 0 Å².